The molecule has 3 rings (SSSR count). The number of nitrogens with zero attached hydrogens (tertiary/aromatic N) is 1. The van der Waals surface area contributed by atoms with Crippen molar-refractivity contribution in [3.05, 3.63) is 35.9 Å². The topological polar surface area (TPSA) is 112 Å². The van der Waals surface area contributed by atoms with E-state index in [9.17, 15) is 19.5 Å². The van der Waals surface area contributed by atoms with Crippen molar-refractivity contribution in [2.45, 2.75) is 76.7 Å². The van der Waals surface area contributed by atoms with Crippen molar-refractivity contribution in [1.82, 2.24) is 4.90 Å². The van der Waals surface area contributed by atoms with Crippen LogP contribution < -0.4 is 0 Å². The van der Waals surface area contributed by atoms with Crippen molar-refractivity contribution in [1.29, 1.82) is 0 Å². The first-order chi connectivity index (χ1) is 13.9. The lowest BCUT2D eigenvalue weighted by Gasteiger charge is -2.35. The number of benzene rings is 1. The fourth-order valence-electron chi connectivity index (χ4n) is 3.83. The largest absolute Gasteiger partial charge is 0.509 e. The van der Waals surface area contributed by atoms with Gasteiger partial charge in [0.2, 0.25) is 6.10 Å². The van der Waals surface area contributed by atoms with Gasteiger partial charge in [-0.25, -0.2) is 14.4 Å². The highest BCUT2D eigenvalue weighted by Crippen LogP contribution is 2.39. The molecule has 2 saturated heterocycles. The molecule has 0 saturated carbocycles. The number of ether oxygens (including phenoxy) is 4. The van der Waals surface area contributed by atoms with Crippen LogP contribution in [0.1, 0.15) is 40.2 Å². The van der Waals surface area contributed by atoms with Gasteiger partial charge in [0, 0.05) is 0 Å². The van der Waals surface area contributed by atoms with E-state index in [2.05, 4.69) is 0 Å². The smallest absolute Gasteiger partial charge is 0.478 e. The van der Waals surface area contributed by atoms with Gasteiger partial charge in [-0.2, -0.15) is 0 Å². The highest BCUT2D eigenvalue weighted by molar-refractivity contribution is 5.79. The number of aliphatic carboxylic acids is 1. The molecule has 164 valence electrons. The van der Waals surface area contributed by atoms with Crippen LogP contribution in [0.2, 0.25) is 0 Å². The SMILES string of the molecule is CC(C)(C)OC(=O)N1[C@@H](Cc2ccccc2)[C@H]([C@@H]2OC(=O)O[C@H]2C(=O)O)OC1(C)C. The quantitative estimate of drug-likeness (QED) is 0.739. The van der Waals surface area contributed by atoms with Crippen molar-refractivity contribution in [2.75, 3.05) is 0 Å². The zero-order chi connectivity index (χ0) is 22.3. The summed E-state index contributed by atoms with van der Waals surface area (Å²) in [7, 11) is 0. The van der Waals surface area contributed by atoms with Crippen molar-refractivity contribution in [3.63, 3.8) is 0 Å². The van der Waals surface area contributed by atoms with Gasteiger partial charge in [0.05, 0.1) is 6.04 Å². The molecule has 0 spiro atoms. The Morgan fingerprint density at radius 2 is 1.77 bits per heavy atom. The third-order valence-corrected chi connectivity index (χ3v) is 4.91. The molecule has 1 aromatic rings. The Bertz CT molecular complexity index is 816. The van der Waals surface area contributed by atoms with Crippen LogP contribution in [0.3, 0.4) is 0 Å². The average molecular weight is 421 g/mol. The van der Waals surface area contributed by atoms with E-state index >= 15 is 0 Å². The van der Waals surface area contributed by atoms with Crippen LogP contribution in [0.4, 0.5) is 9.59 Å². The van der Waals surface area contributed by atoms with Crippen molar-refractivity contribution >= 4 is 18.2 Å². The Kier molecular flexibility index (Phi) is 5.68. The molecule has 0 aromatic heterocycles. The first kappa shape index (κ1) is 21.9. The van der Waals surface area contributed by atoms with Gasteiger partial charge in [0.15, 0.2) is 6.10 Å². The van der Waals surface area contributed by atoms with Gasteiger partial charge in [-0.15, -0.1) is 0 Å². The molecular formula is C21H27NO8. The lowest BCUT2D eigenvalue weighted by atomic mass is 9.94. The molecule has 30 heavy (non-hydrogen) atoms. The molecule has 2 aliphatic heterocycles. The Labute approximate surface area is 174 Å². The predicted octanol–water partition coefficient (Wildman–Crippen LogP) is 2.96. The van der Waals surface area contributed by atoms with Crippen LogP contribution >= 0.6 is 0 Å². The molecule has 4 atom stereocenters. The van der Waals surface area contributed by atoms with E-state index in [4.69, 9.17) is 18.9 Å². The minimum Gasteiger partial charge on any atom is -0.478 e. The van der Waals surface area contributed by atoms with Crippen LogP contribution in [0.25, 0.3) is 0 Å². The zero-order valence-electron chi connectivity index (χ0n) is 17.7. The number of hydrogen-bond donors (Lipinski definition) is 1. The molecule has 9 heteroatoms. The normalized spacial score (nSPS) is 28.0. The predicted molar refractivity (Wildman–Crippen MR) is 104 cm³/mol. The molecular weight excluding hydrogens is 394 g/mol. The second-order valence-corrected chi connectivity index (χ2v) is 8.85. The average Bonchev–Trinajstić information content (AvgIpc) is 3.11. The van der Waals surface area contributed by atoms with Crippen LogP contribution in [0.5, 0.6) is 0 Å². The summed E-state index contributed by atoms with van der Waals surface area (Å²) in [6, 6.07) is 8.72. The number of cyclic esters (lactones) is 2. The maximum Gasteiger partial charge on any atom is 0.509 e. The number of carboxylic acids is 1. The molecule has 1 N–H and O–H groups in total. The highest BCUT2D eigenvalue weighted by Gasteiger charge is 2.59. The molecule has 1 aromatic carbocycles. The van der Waals surface area contributed by atoms with E-state index in [1.165, 1.54) is 4.90 Å². The maximum atomic E-state index is 13.1. The van der Waals surface area contributed by atoms with E-state index in [0.29, 0.717) is 6.42 Å². The number of carbonyl (C=O) groups is 3. The van der Waals surface area contributed by atoms with E-state index in [0.717, 1.165) is 5.56 Å². The fourth-order valence-corrected chi connectivity index (χ4v) is 3.83. The summed E-state index contributed by atoms with van der Waals surface area (Å²) in [5.41, 5.74) is -0.973. The third-order valence-electron chi connectivity index (χ3n) is 4.91. The van der Waals surface area contributed by atoms with Gasteiger partial charge in [-0.1, -0.05) is 30.3 Å². The summed E-state index contributed by atoms with van der Waals surface area (Å²) >= 11 is 0. The van der Waals surface area contributed by atoms with E-state index in [-0.39, 0.29) is 0 Å². The number of carbonyl (C=O) groups excluding carboxylic acids is 2. The monoisotopic (exact) mass is 421 g/mol. The van der Waals surface area contributed by atoms with Crippen LogP contribution in [0, 0.1) is 0 Å². The van der Waals surface area contributed by atoms with Crippen LogP contribution in [0.15, 0.2) is 30.3 Å². The van der Waals surface area contributed by atoms with Gasteiger partial charge < -0.3 is 24.1 Å². The molecule has 0 unspecified atom stereocenters. The summed E-state index contributed by atoms with van der Waals surface area (Å²) in [6.45, 7) is 8.63. The van der Waals surface area contributed by atoms with Gasteiger partial charge in [-0.05, 0) is 46.6 Å². The summed E-state index contributed by atoms with van der Waals surface area (Å²) in [4.78, 5) is 37.8. The van der Waals surface area contributed by atoms with Gasteiger partial charge in [0.1, 0.15) is 17.4 Å². The third kappa shape index (κ3) is 4.51. The van der Waals surface area contributed by atoms with E-state index < -0.39 is 53.9 Å². The van der Waals surface area contributed by atoms with Crippen molar-refractivity contribution < 1.29 is 38.4 Å². The van der Waals surface area contributed by atoms with E-state index in [1.54, 1.807) is 34.6 Å². The Morgan fingerprint density at radius 3 is 2.33 bits per heavy atom. The first-order valence-electron chi connectivity index (χ1n) is 9.73. The second-order valence-electron chi connectivity index (χ2n) is 8.85. The number of rotatable bonds is 4. The first-order valence-corrected chi connectivity index (χ1v) is 9.73. The lowest BCUT2D eigenvalue weighted by molar-refractivity contribution is -0.151. The fraction of sp³-hybridized carbons (Fsp3) is 0.571. The maximum absolute atomic E-state index is 13.1. The molecule has 0 aliphatic carbocycles. The van der Waals surface area contributed by atoms with Crippen molar-refractivity contribution in [3.8, 4) is 0 Å². The minimum absolute atomic E-state index is 0.342. The molecule has 0 radical (unpaired) electrons. The molecule has 0 bridgehead atoms. The van der Waals surface area contributed by atoms with Gasteiger partial charge >= 0.3 is 18.2 Å². The second kappa shape index (κ2) is 7.79. The Hall–Kier alpha value is -2.81. The minimum atomic E-state index is -1.53. The summed E-state index contributed by atoms with van der Waals surface area (Å²) < 4.78 is 21.7. The summed E-state index contributed by atoms with van der Waals surface area (Å²) in [5, 5.41) is 9.48. The molecule has 1 amide bonds. The summed E-state index contributed by atoms with van der Waals surface area (Å²) in [6.07, 6.45) is -5.02. The highest BCUT2D eigenvalue weighted by atomic mass is 16.8. The van der Waals surface area contributed by atoms with Crippen LogP contribution in [-0.4, -0.2) is 63.9 Å². The molecule has 9 nitrogen and oxygen atoms in total. The Balaban J connectivity index is 1.99. The van der Waals surface area contributed by atoms with Crippen molar-refractivity contribution in [2.24, 2.45) is 0 Å². The summed E-state index contributed by atoms with van der Waals surface area (Å²) in [5.74, 6) is -1.35. The standard InChI is InChI=1S/C21H27NO8/c1-20(2,3)30-18(25)22-13(11-12-9-7-6-8-10-12)14(29-21(22,4)5)15-16(17(23)24)28-19(26)27-15/h6-10,13-16H,11H2,1-5H3,(H,23,24)/t13-,14+,15-,16+/m0/s1. The molecule has 2 heterocycles. The van der Waals surface area contributed by atoms with E-state index in [1.807, 2.05) is 30.3 Å². The molecule has 2 aliphatic rings. The van der Waals surface area contributed by atoms with Gasteiger partial charge in [0.25, 0.3) is 0 Å². The number of amides is 1. The molecule has 2 fully saturated rings. The zero-order valence-corrected chi connectivity index (χ0v) is 17.7. The Morgan fingerprint density at radius 1 is 1.13 bits per heavy atom. The number of hydrogen-bond acceptors (Lipinski definition) is 7. The van der Waals surface area contributed by atoms with Gasteiger partial charge in [-0.3, -0.25) is 4.90 Å². The lowest BCUT2D eigenvalue weighted by Crippen LogP contribution is -2.52. The number of carboxylic acid groups (broad SMARTS) is 1. The van der Waals surface area contributed by atoms with Crippen LogP contribution in [-0.2, 0) is 30.2 Å².